The van der Waals surface area contributed by atoms with E-state index in [1.54, 1.807) is 11.3 Å². The molecule has 0 aliphatic heterocycles. The van der Waals surface area contributed by atoms with E-state index in [0.717, 1.165) is 35.7 Å². The maximum atomic E-state index is 9.66. The molecule has 1 saturated carbocycles. The topological polar surface area (TPSA) is 46.0 Å². The Bertz CT molecular complexity index is 287. The molecule has 1 aromatic heterocycles. The summed E-state index contributed by atoms with van der Waals surface area (Å²) in [6, 6.07) is 0. The van der Waals surface area contributed by atoms with Crippen molar-refractivity contribution in [1.82, 2.24) is 10.2 Å². The molecule has 13 heavy (non-hydrogen) atoms. The van der Waals surface area contributed by atoms with Crippen LogP contribution in [0.2, 0.25) is 0 Å². The predicted octanol–water partition coefficient (Wildman–Crippen LogP) is 1.73. The van der Waals surface area contributed by atoms with Gasteiger partial charge in [0, 0.05) is 5.92 Å². The first kappa shape index (κ1) is 9.09. The fourth-order valence-corrected chi connectivity index (χ4v) is 2.76. The van der Waals surface area contributed by atoms with Gasteiger partial charge in [-0.1, -0.05) is 13.3 Å². The minimum Gasteiger partial charge on any atom is -0.392 e. The number of nitrogens with zero attached hydrogens (tertiary/aromatic N) is 2. The molecule has 1 aromatic rings. The molecule has 1 fully saturated rings. The summed E-state index contributed by atoms with van der Waals surface area (Å²) in [6.45, 7) is 2.08. The Morgan fingerprint density at radius 3 is 2.85 bits per heavy atom. The third-order valence-corrected chi connectivity index (χ3v) is 3.78. The van der Waals surface area contributed by atoms with E-state index < -0.39 is 0 Å². The molecule has 1 aliphatic carbocycles. The van der Waals surface area contributed by atoms with E-state index in [2.05, 4.69) is 17.1 Å². The van der Waals surface area contributed by atoms with E-state index in [-0.39, 0.29) is 12.0 Å². The lowest BCUT2D eigenvalue weighted by Crippen LogP contribution is -2.10. The molecular weight excluding hydrogens is 184 g/mol. The van der Waals surface area contributed by atoms with E-state index >= 15 is 0 Å². The number of aliphatic hydroxyl groups excluding tert-OH is 1. The minimum atomic E-state index is -0.183. The quantitative estimate of drug-likeness (QED) is 0.787. The van der Waals surface area contributed by atoms with Crippen molar-refractivity contribution in [3.63, 3.8) is 0 Å². The van der Waals surface area contributed by atoms with Crippen molar-refractivity contribution in [3.05, 3.63) is 10.0 Å². The first-order valence-corrected chi connectivity index (χ1v) is 5.63. The molecule has 0 radical (unpaired) electrons. The van der Waals surface area contributed by atoms with Crippen LogP contribution in [0.1, 0.15) is 42.1 Å². The smallest absolute Gasteiger partial charge is 0.123 e. The van der Waals surface area contributed by atoms with E-state index in [0.29, 0.717) is 0 Å². The van der Waals surface area contributed by atoms with E-state index in [4.69, 9.17) is 0 Å². The van der Waals surface area contributed by atoms with Crippen LogP contribution in [0.25, 0.3) is 0 Å². The second-order valence-electron chi connectivity index (χ2n) is 3.49. The molecule has 2 atom stereocenters. The fourth-order valence-electron chi connectivity index (χ4n) is 1.79. The number of aryl methyl sites for hydroxylation is 1. The van der Waals surface area contributed by atoms with Crippen LogP contribution in [-0.2, 0) is 6.42 Å². The average molecular weight is 198 g/mol. The monoisotopic (exact) mass is 198 g/mol. The molecule has 0 unspecified atom stereocenters. The van der Waals surface area contributed by atoms with Crippen molar-refractivity contribution in [2.45, 2.75) is 44.6 Å². The summed E-state index contributed by atoms with van der Waals surface area (Å²) in [7, 11) is 0. The van der Waals surface area contributed by atoms with Crippen molar-refractivity contribution in [3.8, 4) is 0 Å². The highest BCUT2D eigenvalue weighted by atomic mass is 32.1. The Morgan fingerprint density at radius 1 is 1.46 bits per heavy atom. The summed E-state index contributed by atoms with van der Waals surface area (Å²) in [4.78, 5) is 0. The summed E-state index contributed by atoms with van der Waals surface area (Å²) in [5, 5.41) is 20.0. The average Bonchev–Trinajstić information content (AvgIpc) is 2.71. The summed E-state index contributed by atoms with van der Waals surface area (Å²) in [5.41, 5.74) is 0. The van der Waals surface area contributed by atoms with Crippen LogP contribution in [0.3, 0.4) is 0 Å². The van der Waals surface area contributed by atoms with Crippen molar-refractivity contribution in [1.29, 1.82) is 0 Å². The van der Waals surface area contributed by atoms with Gasteiger partial charge in [-0.15, -0.1) is 21.5 Å². The Kier molecular flexibility index (Phi) is 2.60. The largest absolute Gasteiger partial charge is 0.392 e. The van der Waals surface area contributed by atoms with Crippen LogP contribution in [0.15, 0.2) is 0 Å². The molecule has 2 rings (SSSR count). The third-order valence-electron chi connectivity index (χ3n) is 2.58. The number of rotatable bonds is 2. The number of aliphatic hydroxyl groups is 1. The molecule has 1 aliphatic rings. The van der Waals surface area contributed by atoms with Gasteiger partial charge in [-0.05, 0) is 19.3 Å². The van der Waals surface area contributed by atoms with Gasteiger partial charge in [0.15, 0.2) is 0 Å². The van der Waals surface area contributed by atoms with Gasteiger partial charge >= 0.3 is 0 Å². The van der Waals surface area contributed by atoms with Crippen LogP contribution in [0.5, 0.6) is 0 Å². The van der Waals surface area contributed by atoms with Crippen molar-refractivity contribution < 1.29 is 5.11 Å². The van der Waals surface area contributed by atoms with E-state index in [9.17, 15) is 5.11 Å². The molecule has 1 heterocycles. The van der Waals surface area contributed by atoms with Crippen LogP contribution in [0, 0.1) is 0 Å². The maximum Gasteiger partial charge on any atom is 0.123 e. The van der Waals surface area contributed by atoms with Crippen molar-refractivity contribution >= 4 is 11.3 Å². The summed E-state index contributed by atoms with van der Waals surface area (Å²) in [5.74, 6) is 0.262. The highest BCUT2D eigenvalue weighted by Crippen LogP contribution is 2.35. The molecule has 1 N–H and O–H groups in total. The first-order valence-electron chi connectivity index (χ1n) is 4.81. The Labute approximate surface area is 81.8 Å². The molecule has 0 saturated heterocycles. The van der Waals surface area contributed by atoms with Crippen LogP contribution >= 0.6 is 11.3 Å². The first-order chi connectivity index (χ1) is 6.31. The number of hydrogen-bond donors (Lipinski definition) is 1. The highest BCUT2D eigenvalue weighted by Gasteiger charge is 2.29. The van der Waals surface area contributed by atoms with E-state index in [1.165, 1.54) is 0 Å². The summed E-state index contributed by atoms with van der Waals surface area (Å²) in [6.07, 6.45) is 3.87. The molecule has 0 amide bonds. The lowest BCUT2D eigenvalue weighted by molar-refractivity contribution is 0.163. The second-order valence-corrected chi connectivity index (χ2v) is 4.59. The summed E-state index contributed by atoms with van der Waals surface area (Å²) < 4.78 is 0. The molecular formula is C9H14N2OS. The Balaban J connectivity index is 2.15. The molecule has 0 aromatic carbocycles. The normalized spacial score (nSPS) is 28.2. The van der Waals surface area contributed by atoms with Gasteiger partial charge in [0.25, 0.3) is 0 Å². The lowest BCUT2D eigenvalue weighted by atomic mass is 10.1. The zero-order chi connectivity index (χ0) is 9.26. The Morgan fingerprint density at radius 2 is 2.31 bits per heavy atom. The van der Waals surface area contributed by atoms with Crippen LogP contribution in [0.4, 0.5) is 0 Å². The van der Waals surface area contributed by atoms with Gasteiger partial charge in [-0.25, -0.2) is 0 Å². The summed E-state index contributed by atoms with van der Waals surface area (Å²) >= 11 is 1.65. The zero-order valence-electron chi connectivity index (χ0n) is 7.73. The van der Waals surface area contributed by atoms with E-state index in [1.807, 2.05) is 0 Å². The zero-order valence-corrected chi connectivity index (χ0v) is 8.55. The van der Waals surface area contributed by atoms with Crippen LogP contribution < -0.4 is 0 Å². The van der Waals surface area contributed by atoms with Crippen LogP contribution in [-0.4, -0.2) is 21.4 Å². The van der Waals surface area contributed by atoms with Crippen molar-refractivity contribution in [2.24, 2.45) is 0 Å². The Hall–Kier alpha value is -0.480. The highest BCUT2D eigenvalue weighted by molar-refractivity contribution is 7.11. The molecule has 72 valence electrons. The lowest BCUT2D eigenvalue weighted by Gasteiger charge is -2.08. The van der Waals surface area contributed by atoms with Gasteiger partial charge in [0.1, 0.15) is 10.0 Å². The molecule has 0 bridgehead atoms. The molecule has 3 nitrogen and oxygen atoms in total. The standard InChI is InChI=1S/C9H14N2OS/c1-2-8-10-11-9(13-8)6-4-3-5-7(6)12/h6-7,12H,2-5H2,1H3/t6-,7-/m1/s1. The minimum absolute atomic E-state index is 0.183. The second kappa shape index (κ2) is 3.72. The number of aromatic nitrogens is 2. The fraction of sp³-hybridized carbons (Fsp3) is 0.778. The van der Waals surface area contributed by atoms with Gasteiger partial charge in [-0.3, -0.25) is 0 Å². The van der Waals surface area contributed by atoms with Gasteiger partial charge in [0.05, 0.1) is 6.10 Å². The van der Waals surface area contributed by atoms with Gasteiger partial charge in [-0.2, -0.15) is 0 Å². The predicted molar refractivity (Wildman–Crippen MR) is 51.9 cm³/mol. The SMILES string of the molecule is CCc1nnc([C@@H]2CCC[C@H]2O)s1. The van der Waals surface area contributed by atoms with Gasteiger partial charge < -0.3 is 5.11 Å². The molecule has 0 spiro atoms. The van der Waals surface area contributed by atoms with Gasteiger partial charge in [0.2, 0.25) is 0 Å². The number of hydrogen-bond acceptors (Lipinski definition) is 4. The molecule has 4 heteroatoms. The third kappa shape index (κ3) is 1.74. The van der Waals surface area contributed by atoms with Crippen molar-refractivity contribution in [2.75, 3.05) is 0 Å². The maximum absolute atomic E-state index is 9.66.